The molecule has 0 radical (unpaired) electrons. The number of aromatic amines is 2. The molecule has 2 aliphatic rings. The average molecular weight is 398 g/mol. The van der Waals surface area contributed by atoms with Crippen LogP contribution in [0.25, 0.3) is 10.9 Å². The van der Waals surface area contributed by atoms with Gasteiger partial charge in [-0.3, -0.25) is 4.79 Å². The van der Waals surface area contributed by atoms with Crippen molar-refractivity contribution < 1.29 is 14.7 Å². The second-order valence-electron chi connectivity index (χ2n) is 7.62. The number of rotatable bonds is 3. The molecule has 1 aromatic carbocycles. The highest BCUT2D eigenvalue weighted by Gasteiger charge is 2.52. The molecule has 0 spiro atoms. The van der Waals surface area contributed by atoms with Crippen LogP contribution in [0.1, 0.15) is 47.1 Å². The summed E-state index contributed by atoms with van der Waals surface area (Å²) in [5.74, 6) is -1.35. The average Bonchev–Trinajstić information content (AvgIpc) is 3.28. The monoisotopic (exact) mass is 397 g/mol. The van der Waals surface area contributed by atoms with Crippen molar-refractivity contribution >= 4 is 34.4 Å². The summed E-state index contributed by atoms with van der Waals surface area (Å²) in [5.41, 5.74) is 1.96. The lowest BCUT2D eigenvalue weighted by Crippen LogP contribution is -2.58. The number of nitrogens with zero attached hydrogens (tertiary/aromatic N) is 2. The van der Waals surface area contributed by atoms with Gasteiger partial charge in [-0.2, -0.15) is 0 Å². The van der Waals surface area contributed by atoms with E-state index in [-0.39, 0.29) is 5.91 Å². The normalized spacial score (nSPS) is 20.6. The molecule has 1 amide bonds. The maximum absolute atomic E-state index is 13.2. The minimum Gasteiger partial charge on any atom is -0.549 e. The molecule has 1 fully saturated rings. The fraction of sp³-hybridized carbons (Fsp3) is 0.350. The lowest BCUT2D eigenvalue weighted by atomic mass is 9.61. The van der Waals surface area contributed by atoms with Crippen LogP contribution in [0, 0.1) is 5.41 Å². The zero-order valence-electron chi connectivity index (χ0n) is 15.0. The SMILES string of the molecule is O=C(c1cnc[nH]1)N1CCc2c([nH]c3ccc(Cl)cc23)C1C1(C(=O)[O-])CCC1. The van der Waals surface area contributed by atoms with Crippen LogP contribution in [0.4, 0.5) is 0 Å². The van der Waals surface area contributed by atoms with E-state index in [1.54, 1.807) is 11.0 Å². The number of benzene rings is 1. The van der Waals surface area contributed by atoms with Crippen LogP contribution in [0.2, 0.25) is 5.02 Å². The van der Waals surface area contributed by atoms with Gasteiger partial charge in [0.2, 0.25) is 0 Å². The predicted octanol–water partition coefficient (Wildman–Crippen LogP) is 2.20. The van der Waals surface area contributed by atoms with E-state index in [4.69, 9.17) is 11.6 Å². The van der Waals surface area contributed by atoms with Crippen molar-refractivity contribution in [2.75, 3.05) is 6.54 Å². The van der Waals surface area contributed by atoms with Crippen molar-refractivity contribution in [3.63, 3.8) is 0 Å². The summed E-state index contributed by atoms with van der Waals surface area (Å²) in [6.07, 6.45) is 5.31. The van der Waals surface area contributed by atoms with Crippen LogP contribution in [0.3, 0.4) is 0 Å². The minimum absolute atomic E-state index is 0.252. The van der Waals surface area contributed by atoms with Gasteiger partial charge in [0, 0.05) is 33.6 Å². The first-order valence-electron chi connectivity index (χ1n) is 9.32. The van der Waals surface area contributed by atoms with Crippen molar-refractivity contribution in [3.8, 4) is 0 Å². The molecule has 3 heterocycles. The van der Waals surface area contributed by atoms with E-state index in [0.29, 0.717) is 36.5 Å². The summed E-state index contributed by atoms with van der Waals surface area (Å²) < 4.78 is 0. The fourth-order valence-electron chi connectivity index (χ4n) is 4.73. The van der Waals surface area contributed by atoms with Crippen molar-refractivity contribution in [3.05, 3.63) is 52.7 Å². The quantitative estimate of drug-likeness (QED) is 0.706. The molecule has 1 aliphatic heterocycles. The van der Waals surface area contributed by atoms with Gasteiger partial charge in [0.15, 0.2) is 0 Å². The standard InChI is InChI=1S/C20H19ClN4O3/c21-11-2-3-14-13(8-11)12-4-7-25(18(26)15-9-22-10-23-15)17(16(12)24-14)20(19(27)28)5-1-6-20/h2-3,8-10,17,24H,1,4-7H2,(H,22,23)(H,27,28)/p-1. The number of aromatic nitrogens is 3. The maximum Gasteiger partial charge on any atom is 0.272 e. The molecule has 144 valence electrons. The van der Waals surface area contributed by atoms with E-state index in [0.717, 1.165) is 28.6 Å². The topological polar surface area (TPSA) is 105 Å². The summed E-state index contributed by atoms with van der Waals surface area (Å²) in [5, 5.41) is 13.8. The van der Waals surface area contributed by atoms with Crippen LogP contribution < -0.4 is 5.11 Å². The third kappa shape index (κ3) is 2.32. The Hall–Kier alpha value is -2.80. The molecule has 3 aromatic rings. The van der Waals surface area contributed by atoms with E-state index >= 15 is 0 Å². The van der Waals surface area contributed by atoms with E-state index in [2.05, 4.69) is 15.0 Å². The third-order valence-corrected chi connectivity index (χ3v) is 6.49. The van der Waals surface area contributed by atoms with Gasteiger partial charge in [-0.15, -0.1) is 0 Å². The molecule has 1 aliphatic carbocycles. The summed E-state index contributed by atoms with van der Waals surface area (Å²) in [6.45, 7) is 0.421. The summed E-state index contributed by atoms with van der Waals surface area (Å²) in [6, 6.07) is 4.96. The largest absolute Gasteiger partial charge is 0.549 e. The van der Waals surface area contributed by atoms with Gasteiger partial charge in [-0.1, -0.05) is 18.0 Å². The second kappa shape index (κ2) is 6.10. The van der Waals surface area contributed by atoms with Gasteiger partial charge < -0.3 is 24.8 Å². The van der Waals surface area contributed by atoms with Gasteiger partial charge in [0.25, 0.3) is 5.91 Å². The molecule has 7 nitrogen and oxygen atoms in total. The molecule has 1 unspecified atom stereocenters. The highest BCUT2D eigenvalue weighted by Crippen LogP contribution is 2.55. The number of halogens is 1. The number of carboxylic acids is 1. The first-order chi connectivity index (χ1) is 13.5. The molecule has 2 aromatic heterocycles. The lowest BCUT2D eigenvalue weighted by Gasteiger charge is -2.53. The number of nitrogens with one attached hydrogen (secondary N) is 2. The van der Waals surface area contributed by atoms with Crippen LogP contribution in [-0.4, -0.2) is 38.3 Å². The minimum atomic E-state index is -1.10. The van der Waals surface area contributed by atoms with E-state index in [1.807, 2.05) is 12.1 Å². The van der Waals surface area contributed by atoms with Crippen molar-refractivity contribution in [2.24, 2.45) is 5.41 Å². The Morgan fingerprint density at radius 2 is 2.14 bits per heavy atom. The van der Waals surface area contributed by atoms with Gasteiger partial charge in [0.1, 0.15) is 5.69 Å². The number of fused-ring (bicyclic) bond motifs is 3. The van der Waals surface area contributed by atoms with Crippen LogP contribution in [0.5, 0.6) is 0 Å². The Bertz CT molecular complexity index is 1080. The molecule has 0 saturated heterocycles. The summed E-state index contributed by atoms with van der Waals surface area (Å²) in [7, 11) is 0. The Balaban J connectivity index is 1.70. The van der Waals surface area contributed by atoms with Crippen molar-refractivity contribution in [2.45, 2.75) is 31.7 Å². The number of carboxylic acid groups (broad SMARTS) is 1. The highest BCUT2D eigenvalue weighted by atomic mass is 35.5. The molecule has 8 heteroatoms. The lowest BCUT2D eigenvalue weighted by molar-refractivity contribution is -0.327. The predicted molar refractivity (Wildman–Crippen MR) is 101 cm³/mol. The zero-order valence-corrected chi connectivity index (χ0v) is 15.8. The third-order valence-electron chi connectivity index (χ3n) is 6.25. The van der Waals surface area contributed by atoms with E-state index in [1.165, 1.54) is 12.5 Å². The number of amides is 1. The molecule has 28 heavy (non-hydrogen) atoms. The van der Waals surface area contributed by atoms with E-state index < -0.39 is 17.4 Å². The van der Waals surface area contributed by atoms with Crippen LogP contribution in [0.15, 0.2) is 30.7 Å². The molecular formula is C20H18ClN4O3-. The number of aliphatic carboxylic acids is 1. The van der Waals surface area contributed by atoms with Crippen LogP contribution >= 0.6 is 11.6 Å². The van der Waals surface area contributed by atoms with Crippen molar-refractivity contribution in [1.29, 1.82) is 0 Å². The van der Waals surface area contributed by atoms with Gasteiger partial charge >= 0.3 is 0 Å². The Kier molecular flexibility index (Phi) is 3.77. The fourth-order valence-corrected chi connectivity index (χ4v) is 4.90. The molecule has 1 atom stereocenters. The molecule has 5 rings (SSSR count). The molecule has 1 saturated carbocycles. The number of carbonyl (C=O) groups is 2. The van der Waals surface area contributed by atoms with Crippen LogP contribution in [-0.2, 0) is 11.2 Å². The van der Waals surface area contributed by atoms with Gasteiger partial charge in [-0.05, 0) is 43.0 Å². The van der Waals surface area contributed by atoms with E-state index in [9.17, 15) is 14.7 Å². The number of H-pyrrole nitrogens is 2. The highest BCUT2D eigenvalue weighted by molar-refractivity contribution is 6.31. The smallest absolute Gasteiger partial charge is 0.272 e. The van der Waals surface area contributed by atoms with Gasteiger partial charge in [-0.25, -0.2) is 4.98 Å². The molecule has 0 bridgehead atoms. The number of carbonyl (C=O) groups excluding carboxylic acids is 2. The Morgan fingerprint density at radius 3 is 2.79 bits per heavy atom. The molecule has 2 N–H and O–H groups in total. The first-order valence-corrected chi connectivity index (χ1v) is 9.70. The number of imidazole rings is 1. The second-order valence-corrected chi connectivity index (χ2v) is 8.06. The maximum atomic E-state index is 13.2. The van der Waals surface area contributed by atoms with Gasteiger partial charge in [0.05, 0.1) is 24.5 Å². The van der Waals surface area contributed by atoms with Crippen molar-refractivity contribution in [1.82, 2.24) is 19.9 Å². The molecular weight excluding hydrogens is 380 g/mol. The number of hydrogen-bond donors (Lipinski definition) is 2. The summed E-state index contributed by atoms with van der Waals surface area (Å²) >= 11 is 6.19. The number of hydrogen-bond acceptors (Lipinski definition) is 4. The first kappa shape index (κ1) is 17.3. The Labute approximate surface area is 165 Å². The Morgan fingerprint density at radius 1 is 1.32 bits per heavy atom. The zero-order chi connectivity index (χ0) is 19.5. The summed E-state index contributed by atoms with van der Waals surface area (Å²) in [4.78, 5) is 37.2.